The molecule has 2 aromatic rings. The van der Waals surface area contributed by atoms with Crippen LogP contribution >= 0.6 is 11.8 Å². The summed E-state index contributed by atoms with van der Waals surface area (Å²) in [5.74, 6) is 0.558. The van der Waals surface area contributed by atoms with Crippen molar-refractivity contribution in [3.8, 4) is 0 Å². The highest BCUT2D eigenvalue weighted by Gasteiger charge is 2.38. The molecule has 9 heteroatoms. The molecule has 3 rings (SSSR count). The van der Waals surface area contributed by atoms with Crippen molar-refractivity contribution in [1.29, 1.82) is 10.8 Å². The maximum absolute atomic E-state index is 8.77. The number of benzene rings is 1. The smallest absolute Gasteiger partial charge is 0.0981 e. The molecular weight excluding hydrogens is 444 g/mol. The summed E-state index contributed by atoms with van der Waals surface area (Å²) in [6.45, 7) is 6.89. The lowest BCUT2D eigenvalue weighted by Gasteiger charge is -2.24. The first-order valence-corrected chi connectivity index (χ1v) is 13.1. The minimum absolute atomic E-state index is 0.0324. The Labute approximate surface area is 207 Å². The highest BCUT2D eigenvalue weighted by Crippen LogP contribution is 2.41. The molecule has 3 unspecified atom stereocenters. The molecule has 1 aromatic carbocycles. The maximum atomic E-state index is 8.77. The van der Waals surface area contributed by atoms with Crippen LogP contribution < -0.4 is 21.7 Å². The summed E-state index contributed by atoms with van der Waals surface area (Å²) in [4.78, 5) is 2.28. The SMILES string of the molecule is CCCc1cc(N)cc(CNC(=N)C2CC(CCN(CCN)c3cnn(C)c3)SC2C(C)=N)c1. The fourth-order valence-electron chi connectivity index (χ4n) is 4.68. The minimum Gasteiger partial charge on any atom is -0.399 e. The summed E-state index contributed by atoms with van der Waals surface area (Å²) in [6, 6.07) is 6.19. The van der Waals surface area contributed by atoms with E-state index in [-0.39, 0.29) is 11.2 Å². The predicted octanol–water partition coefficient (Wildman–Crippen LogP) is 3.41. The van der Waals surface area contributed by atoms with Gasteiger partial charge >= 0.3 is 0 Å². The third-order valence-electron chi connectivity index (χ3n) is 6.29. The zero-order valence-corrected chi connectivity index (χ0v) is 21.5. The zero-order chi connectivity index (χ0) is 24.7. The first-order valence-electron chi connectivity index (χ1n) is 12.2. The molecule has 34 heavy (non-hydrogen) atoms. The average molecular weight is 485 g/mol. The van der Waals surface area contributed by atoms with Crippen molar-refractivity contribution in [1.82, 2.24) is 15.1 Å². The highest BCUT2D eigenvalue weighted by atomic mass is 32.2. The first-order chi connectivity index (χ1) is 16.3. The number of aryl methyl sites for hydroxylation is 2. The summed E-state index contributed by atoms with van der Waals surface area (Å²) >= 11 is 1.84. The molecule has 0 amide bonds. The summed E-state index contributed by atoms with van der Waals surface area (Å²) in [6.07, 6.45) is 7.88. The van der Waals surface area contributed by atoms with Gasteiger partial charge < -0.3 is 27.1 Å². The Kier molecular flexibility index (Phi) is 9.41. The van der Waals surface area contributed by atoms with Gasteiger partial charge in [0.15, 0.2) is 0 Å². The lowest BCUT2D eigenvalue weighted by Crippen LogP contribution is -2.35. The molecule has 3 atom stereocenters. The molecular formula is C25H40N8S. The van der Waals surface area contributed by atoms with Crippen molar-refractivity contribution < 1.29 is 0 Å². The molecule has 1 aromatic heterocycles. The van der Waals surface area contributed by atoms with Crippen LogP contribution in [0.25, 0.3) is 0 Å². The summed E-state index contributed by atoms with van der Waals surface area (Å²) < 4.78 is 1.81. The minimum atomic E-state index is 0.0324. The fraction of sp³-hybridized carbons (Fsp3) is 0.560. The number of amidine groups is 1. The second kappa shape index (κ2) is 12.3. The van der Waals surface area contributed by atoms with Gasteiger partial charge in [-0.25, -0.2) is 0 Å². The second-order valence-electron chi connectivity index (χ2n) is 9.24. The molecule has 0 spiro atoms. The molecule has 1 saturated heterocycles. The van der Waals surface area contributed by atoms with E-state index in [1.54, 1.807) is 0 Å². The summed E-state index contributed by atoms with van der Waals surface area (Å²) in [5, 5.41) is 25.2. The normalized spacial score (nSPS) is 19.8. The van der Waals surface area contributed by atoms with Crippen LogP contribution in [-0.2, 0) is 20.0 Å². The van der Waals surface area contributed by atoms with Gasteiger partial charge in [0.05, 0.1) is 23.0 Å². The molecule has 7 N–H and O–H groups in total. The predicted molar refractivity (Wildman–Crippen MR) is 145 cm³/mol. The Morgan fingerprint density at radius 1 is 1.26 bits per heavy atom. The fourth-order valence-corrected chi connectivity index (χ4v) is 6.29. The quantitative estimate of drug-likeness (QED) is 0.178. The van der Waals surface area contributed by atoms with Crippen molar-refractivity contribution in [3.63, 3.8) is 0 Å². The monoisotopic (exact) mass is 484 g/mol. The molecule has 0 bridgehead atoms. The third-order valence-corrected chi connectivity index (χ3v) is 8.08. The van der Waals surface area contributed by atoms with Gasteiger partial charge in [-0.05, 0) is 49.4 Å². The van der Waals surface area contributed by atoms with Crippen LogP contribution in [0.4, 0.5) is 11.4 Å². The lowest BCUT2D eigenvalue weighted by atomic mass is 9.94. The number of aromatic nitrogens is 2. The van der Waals surface area contributed by atoms with Gasteiger partial charge in [-0.2, -0.15) is 5.10 Å². The molecule has 8 nitrogen and oxygen atoms in total. The van der Waals surface area contributed by atoms with Crippen molar-refractivity contribution >= 4 is 34.7 Å². The zero-order valence-electron chi connectivity index (χ0n) is 20.7. The van der Waals surface area contributed by atoms with Crippen molar-refractivity contribution in [2.24, 2.45) is 18.7 Å². The Balaban J connectivity index is 1.59. The van der Waals surface area contributed by atoms with E-state index >= 15 is 0 Å². The Morgan fingerprint density at radius 2 is 2.03 bits per heavy atom. The second-order valence-corrected chi connectivity index (χ2v) is 10.7. The average Bonchev–Trinajstić information content (AvgIpc) is 3.41. The third kappa shape index (κ3) is 6.99. The largest absolute Gasteiger partial charge is 0.399 e. The van der Waals surface area contributed by atoms with Gasteiger partial charge in [0.2, 0.25) is 0 Å². The number of nitrogens with two attached hydrogens (primary N) is 2. The number of nitrogens with one attached hydrogen (secondary N) is 3. The van der Waals surface area contributed by atoms with Gasteiger partial charge in [-0.1, -0.05) is 19.4 Å². The Hall–Kier alpha value is -2.52. The number of hydrogen-bond acceptors (Lipinski definition) is 7. The topological polar surface area (TPSA) is 133 Å². The maximum Gasteiger partial charge on any atom is 0.0981 e. The Bertz CT molecular complexity index is 972. The highest BCUT2D eigenvalue weighted by molar-refractivity contribution is 8.01. The van der Waals surface area contributed by atoms with Crippen molar-refractivity contribution in [3.05, 3.63) is 41.7 Å². The van der Waals surface area contributed by atoms with Gasteiger partial charge in [-0.15, -0.1) is 11.8 Å². The number of rotatable bonds is 12. The van der Waals surface area contributed by atoms with E-state index in [2.05, 4.69) is 28.3 Å². The van der Waals surface area contributed by atoms with E-state index < -0.39 is 0 Å². The molecule has 0 saturated carbocycles. The number of anilines is 2. The van der Waals surface area contributed by atoms with E-state index in [1.165, 1.54) is 5.56 Å². The lowest BCUT2D eigenvalue weighted by molar-refractivity contribution is 0.609. The summed E-state index contributed by atoms with van der Waals surface area (Å²) in [7, 11) is 1.92. The van der Waals surface area contributed by atoms with Crippen LogP contribution in [0.3, 0.4) is 0 Å². The van der Waals surface area contributed by atoms with E-state index in [1.807, 2.05) is 54.9 Å². The Morgan fingerprint density at radius 3 is 2.68 bits per heavy atom. The molecule has 1 fully saturated rings. The van der Waals surface area contributed by atoms with Gasteiger partial charge in [0.25, 0.3) is 0 Å². The summed E-state index contributed by atoms with van der Waals surface area (Å²) in [5.41, 5.74) is 16.8. The van der Waals surface area contributed by atoms with Crippen molar-refractivity contribution in [2.75, 3.05) is 30.3 Å². The molecule has 0 aliphatic carbocycles. The molecule has 186 valence electrons. The van der Waals surface area contributed by atoms with Crippen LogP contribution in [0.5, 0.6) is 0 Å². The van der Waals surface area contributed by atoms with Gasteiger partial charge in [0, 0.05) is 62.0 Å². The number of thioether (sulfide) groups is 1. The first kappa shape index (κ1) is 26.1. The van der Waals surface area contributed by atoms with Crippen LogP contribution in [0.15, 0.2) is 30.6 Å². The van der Waals surface area contributed by atoms with Crippen LogP contribution in [0.1, 0.15) is 44.2 Å². The van der Waals surface area contributed by atoms with E-state index in [9.17, 15) is 0 Å². The number of nitrogen functional groups attached to an aromatic ring is 1. The number of hydrogen-bond donors (Lipinski definition) is 5. The van der Waals surface area contributed by atoms with E-state index in [4.69, 9.17) is 22.3 Å². The van der Waals surface area contributed by atoms with E-state index in [0.29, 0.717) is 29.9 Å². The number of nitrogens with zero attached hydrogens (tertiary/aromatic N) is 3. The molecule has 1 aliphatic rings. The van der Waals surface area contributed by atoms with Crippen LogP contribution in [0, 0.1) is 16.7 Å². The van der Waals surface area contributed by atoms with Gasteiger partial charge in [0.1, 0.15) is 0 Å². The standard InChI is InChI=1S/C25H40N8S/c1-4-5-18-10-19(12-20(28)11-18)14-30-25(29)23-13-22(34-24(23)17(2)27)6-8-33(9-7-26)21-15-31-32(3)16-21/h10-12,15-16,22-24,27H,4-9,13-14,26,28H2,1-3H3,(H2,29,30). The van der Waals surface area contributed by atoms with Gasteiger partial charge in [-0.3, -0.25) is 10.1 Å². The van der Waals surface area contributed by atoms with Crippen LogP contribution in [-0.4, -0.2) is 51.5 Å². The van der Waals surface area contributed by atoms with E-state index in [0.717, 1.165) is 55.7 Å². The molecule has 0 radical (unpaired) electrons. The van der Waals surface area contributed by atoms with Crippen molar-refractivity contribution in [2.45, 2.75) is 56.6 Å². The molecule has 2 heterocycles. The molecule has 1 aliphatic heterocycles. The van der Waals surface area contributed by atoms with Crippen LogP contribution in [0.2, 0.25) is 0 Å².